The average molecular weight is 407 g/mol. The molecule has 28 heavy (non-hydrogen) atoms. The Morgan fingerprint density at radius 3 is 2.61 bits per heavy atom. The molecule has 152 valence electrons. The van der Waals surface area contributed by atoms with Gasteiger partial charge in [-0.2, -0.15) is 4.31 Å². The van der Waals surface area contributed by atoms with Crippen LogP contribution in [0.15, 0.2) is 45.9 Å². The first-order chi connectivity index (χ1) is 13.3. The highest BCUT2D eigenvalue weighted by atomic mass is 32.2. The van der Waals surface area contributed by atoms with Crippen LogP contribution in [0.5, 0.6) is 0 Å². The van der Waals surface area contributed by atoms with Crippen molar-refractivity contribution in [2.75, 3.05) is 19.6 Å². The minimum absolute atomic E-state index is 0.0629. The number of amides is 1. The van der Waals surface area contributed by atoms with Gasteiger partial charge in [-0.25, -0.2) is 8.42 Å². The summed E-state index contributed by atoms with van der Waals surface area (Å²) < 4.78 is 32.4. The molecule has 1 saturated heterocycles. The van der Waals surface area contributed by atoms with Crippen molar-refractivity contribution in [3.05, 3.63) is 53.5 Å². The zero-order chi connectivity index (χ0) is 20.3. The maximum Gasteiger partial charge on any atom is 0.243 e. The molecule has 2 heterocycles. The molecule has 0 saturated carbocycles. The van der Waals surface area contributed by atoms with Gasteiger partial charge in [0.1, 0.15) is 11.9 Å². The van der Waals surface area contributed by atoms with Gasteiger partial charge in [0.15, 0.2) is 0 Å². The summed E-state index contributed by atoms with van der Waals surface area (Å²) in [7, 11) is -3.56. The number of rotatable bonds is 6. The fourth-order valence-electron chi connectivity index (χ4n) is 3.51. The van der Waals surface area contributed by atoms with Crippen LogP contribution in [0.4, 0.5) is 0 Å². The van der Waals surface area contributed by atoms with E-state index in [1.165, 1.54) is 10.6 Å². The predicted molar refractivity (Wildman–Crippen MR) is 104 cm³/mol. The van der Waals surface area contributed by atoms with Crippen molar-refractivity contribution in [3.63, 3.8) is 0 Å². The van der Waals surface area contributed by atoms with Gasteiger partial charge in [0.2, 0.25) is 15.9 Å². The summed E-state index contributed by atoms with van der Waals surface area (Å²) in [6.45, 7) is 4.39. The number of furan rings is 1. The second-order valence-corrected chi connectivity index (χ2v) is 9.13. The second-order valence-electron chi connectivity index (χ2n) is 7.22. The van der Waals surface area contributed by atoms with Gasteiger partial charge in [-0.1, -0.05) is 17.7 Å². The Bertz CT molecular complexity index is 916. The highest BCUT2D eigenvalue weighted by Crippen LogP contribution is 2.26. The highest BCUT2D eigenvalue weighted by molar-refractivity contribution is 7.89. The first kappa shape index (κ1) is 20.6. The molecule has 0 bridgehead atoms. The van der Waals surface area contributed by atoms with E-state index in [9.17, 15) is 18.3 Å². The zero-order valence-electron chi connectivity index (χ0n) is 16.1. The Morgan fingerprint density at radius 2 is 2.00 bits per heavy atom. The van der Waals surface area contributed by atoms with Gasteiger partial charge in [-0.15, -0.1) is 0 Å². The van der Waals surface area contributed by atoms with Gasteiger partial charge in [0, 0.05) is 19.0 Å². The molecule has 0 spiro atoms. The maximum atomic E-state index is 12.9. The van der Waals surface area contributed by atoms with E-state index in [1.807, 2.05) is 13.0 Å². The number of hydrogen-bond acceptors (Lipinski definition) is 5. The number of piperidine rings is 1. The standard InChI is InChI=1S/C20H26N2O5S/c1-14-5-6-19(15(2)12-14)28(25,26)22-9-7-16(8-10-22)20(24)21-13-17(23)18-4-3-11-27-18/h3-6,11-12,16-17,23H,7-10,13H2,1-2H3,(H,21,24). The Hall–Kier alpha value is -2.16. The van der Waals surface area contributed by atoms with E-state index in [4.69, 9.17) is 4.42 Å². The summed E-state index contributed by atoms with van der Waals surface area (Å²) in [5.74, 6) is -0.0433. The monoisotopic (exact) mass is 406 g/mol. The van der Waals surface area contributed by atoms with Crippen molar-refractivity contribution < 1.29 is 22.7 Å². The molecule has 2 aromatic rings. The lowest BCUT2D eigenvalue weighted by atomic mass is 9.97. The fraction of sp³-hybridized carbons (Fsp3) is 0.450. The van der Waals surface area contributed by atoms with Crippen LogP contribution in [0.25, 0.3) is 0 Å². The lowest BCUT2D eigenvalue weighted by molar-refractivity contribution is -0.126. The lowest BCUT2D eigenvalue weighted by Gasteiger charge is -2.31. The first-order valence-corrected chi connectivity index (χ1v) is 10.8. The van der Waals surface area contributed by atoms with Crippen molar-refractivity contribution in [3.8, 4) is 0 Å². The minimum Gasteiger partial charge on any atom is -0.467 e. The SMILES string of the molecule is Cc1ccc(S(=O)(=O)N2CCC(C(=O)NCC(O)c3ccco3)CC2)c(C)c1. The van der Waals surface area contributed by atoms with E-state index >= 15 is 0 Å². The number of aryl methyl sites for hydroxylation is 2. The normalized spacial score (nSPS) is 17.4. The van der Waals surface area contributed by atoms with Crippen LogP contribution < -0.4 is 5.32 Å². The van der Waals surface area contributed by atoms with Crippen LogP contribution in [-0.2, 0) is 14.8 Å². The van der Waals surface area contributed by atoms with E-state index < -0.39 is 16.1 Å². The molecule has 1 amide bonds. The minimum atomic E-state index is -3.56. The van der Waals surface area contributed by atoms with Crippen LogP contribution in [0.3, 0.4) is 0 Å². The van der Waals surface area contributed by atoms with Crippen LogP contribution >= 0.6 is 0 Å². The van der Waals surface area contributed by atoms with Crippen molar-refractivity contribution in [1.29, 1.82) is 0 Å². The molecule has 1 aromatic heterocycles. The summed E-state index contributed by atoms with van der Waals surface area (Å²) in [5.41, 5.74) is 1.75. The Kier molecular flexibility index (Phi) is 6.22. The van der Waals surface area contributed by atoms with Gasteiger partial charge in [0.25, 0.3) is 0 Å². The van der Waals surface area contributed by atoms with E-state index in [0.29, 0.717) is 36.6 Å². The third-order valence-corrected chi connectivity index (χ3v) is 7.17. The number of aliphatic hydroxyl groups is 1. The van der Waals surface area contributed by atoms with Crippen molar-refractivity contribution >= 4 is 15.9 Å². The third kappa shape index (κ3) is 4.45. The van der Waals surface area contributed by atoms with Crippen molar-refractivity contribution in [2.24, 2.45) is 5.92 Å². The number of sulfonamides is 1. The molecule has 1 unspecified atom stereocenters. The molecule has 1 fully saturated rings. The summed E-state index contributed by atoms with van der Waals surface area (Å²) in [4.78, 5) is 12.7. The molecule has 0 aliphatic carbocycles. The van der Waals surface area contributed by atoms with E-state index in [1.54, 1.807) is 31.2 Å². The Labute approximate surface area is 165 Å². The van der Waals surface area contributed by atoms with E-state index in [2.05, 4.69) is 5.32 Å². The molecule has 7 nitrogen and oxygen atoms in total. The van der Waals surface area contributed by atoms with Crippen LogP contribution in [-0.4, -0.2) is 43.4 Å². The topological polar surface area (TPSA) is 99.9 Å². The van der Waals surface area contributed by atoms with E-state index in [-0.39, 0.29) is 18.4 Å². The summed E-state index contributed by atoms with van der Waals surface area (Å²) in [6, 6.07) is 8.62. The van der Waals surface area contributed by atoms with Gasteiger partial charge in [0.05, 0.1) is 17.7 Å². The summed E-state index contributed by atoms with van der Waals surface area (Å²) in [5, 5.41) is 12.7. The number of aliphatic hydroxyl groups excluding tert-OH is 1. The molecule has 1 aliphatic heterocycles. The molecule has 8 heteroatoms. The van der Waals surface area contributed by atoms with Crippen LogP contribution in [0.2, 0.25) is 0 Å². The number of nitrogens with zero attached hydrogens (tertiary/aromatic N) is 1. The second kappa shape index (κ2) is 8.46. The smallest absolute Gasteiger partial charge is 0.243 e. The molecule has 3 rings (SSSR count). The molecule has 1 aliphatic rings. The van der Waals surface area contributed by atoms with Gasteiger partial charge in [-0.05, 0) is 50.5 Å². The lowest BCUT2D eigenvalue weighted by Crippen LogP contribution is -2.43. The Morgan fingerprint density at radius 1 is 1.29 bits per heavy atom. The quantitative estimate of drug-likeness (QED) is 0.766. The predicted octanol–water partition coefficient (Wildman–Crippen LogP) is 2.15. The molecular formula is C20H26N2O5S. The molecular weight excluding hydrogens is 380 g/mol. The van der Waals surface area contributed by atoms with Gasteiger partial charge in [-0.3, -0.25) is 4.79 Å². The van der Waals surface area contributed by atoms with Crippen molar-refractivity contribution in [1.82, 2.24) is 9.62 Å². The molecule has 0 radical (unpaired) electrons. The van der Waals surface area contributed by atoms with Crippen LogP contribution in [0, 0.1) is 19.8 Å². The summed E-state index contributed by atoms with van der Waals surface area (Å²) >= 11 is 0. The number of benzene rings is 1. The molecule has 1 atom stereocenters. The summed E-state index contributed by atoms with van der Waals surface area (Å²) in [6.07, 6.45) is 1.47. The number of carbonyl (C=O) groups is 1. The highest BCUT2D eigenvalue weighted by Gasteiger charge is 2.33. The maximum absolute atomic E-state index is 12.9. The molecule has 2 N–H and O–H groups in total. The Balaban J connectivity index is 1.55. The fourth-order valence-corrected chi connectivity index (χ4v) is 5.18. The van der Waals surface area contributed by atoms with Gasteiger partial charge >= 0.3 is 0 Å². The molecule has 1 aromatic carbocycles. The van der Waals surface area contributed by atoms with Crippen LogP contribution in [0.1, 0.15) is 35.8 Å². The zero-order valence-corrected chi connectivity index (χ0v) is 16.9. The number of nitrogens with one attached hydrogen (secondary N) is 1. The largest absolute Gasteiger partial charge is 0.467 e. The number of hydrogen-bond donors (Lipinski definition) is 2. The van der Waals surface area contributed by atoms with Gasteiger partial charge < -0.3 is 14.8 Å². The number of carbonyl (C=O) groups excluding carboxylic acids is 1. The van der Waals surface area contributed by atoms with E-state index in [0.717, 1.165) is 11.1 Å². The average Bonchev–Trinajstić information content (AvgIpc) is 3.20. The third-order valence-electron chi connectivity index (χ3n) is 5.11. The van der Waals surface area contributed by atoms with Crippen molar-refractivity contribution in [2.45, 2.75) is 37.7 Å². The first-order valence-electron chi connectivity index (χ1n) is 9.35.